The van der Waals surface area contributed by atoms with Gasteiger partial charge >= 0.3 is 0 Å². The van der Waals surface area contributed by atoms with E-state index >= 15 is 0 Å². The third-order valence-electron chi connectivity index (χ3n) is 2.83. The van der Waals surface area contributed by atoms with Gasteiger partial charge in [-0.1, -0.05) is 30.3 Å². The monoisotopic (exact) mass is 368 g/mol. The molecule has 0 saturated heterocycles. The predicted molar refractivity (Wildman–Crippen MR) is 84.3 cm³/mol. The number of nitrogens with one attached hydrogen (secondary N) is 1. The van der Waals surface area contributed by atoms with Gasteiger partial charge in [0, 0.05) is 15.7 Å². The van der Waals surface area contributed by atoms with Crippen LogP contribution in [0.3, 0.4) is 0 Å². The van der Waals surface area contributed by atoms with Crippen LogP contribution in [0, 0.1) is 13.7 Å². The lowest BCUT2D eigenvalue weighted by Crippen LogP contribution is -2.08. The van der Waals surface area contributed by atoms with Gasteiger partial charge in [-0.3, -0.25) is 10.1 Å². The number of nitro groups is 1. The summed E-state index contributed by atoms with van der Waals surface area (Å²) in [5.41, 5.74) is 1.74. The van der Waals surface area contributed by atoms with Gasteiger partial charge in [-0.15, -0.1) is 0 Å². The second kappa shape index (κ2) is 6.01. The Morgan fingerprint density at radius 1 is 1.21 bits per heavy atom. The molecular formula is C14H13IN2O2. The summed E-state index contributed by atoms with van der Waals surface area (Å²) >= 11 is 2.07. The molecule has 2 aromatic rings. The van der Waals surface area contributed by atoms with Crippen LogP contribution in [-0.4, -0.2) is 4.92 Å². The lowest BCUT2D eigenvalue weighted by Gasteiger charge is -2.15. The van der Waals surface area contributed by atoms with Crippen molar-refractivity contribution in [3.8, 4) is 0 Å². The quantitative estimate of drug-likeness (QED) is 0.495. The minimum absolute atomic E-state index is 0.0139. The van der Waals surface area contributed by atoms with Crippen LogP contribution in [0.2, 0.25) is 0 Å². The summed E-state index contributed by atoms with van der Waals surface area (Å²) in [5, 5.41) is 14.2. The van der Waals surface area contributed by atoms with Crippen molar-refractivity contribution in [2.24, 2.45) is 0 Å². The van der Waals surface area contributed by atoms with Crippen molar-refractivity contribution in [1.29, 1.82) is 0 Å². The Kier molecular flexibility index (Phi) is 4.36. The van der Waals surface area contributed by atoms with Gasteiger partial charge in [0.05, 0.1) is 4.92 Å². The van der Waals surface area contributed by atoms with Crippen LogP contribution in [0.5, 0.6) is 0 Å². The maximum atomic E-state index is 11.1. The van der Waals surface area contributed by atoms with E-state index in [0.717, 1.165) is 9.13 Å². The minimum Gasteiger partial charge on any atom is -0.373 e. The summed E-state index contributed by atoms with van der Waals surface area (Å²) < 4.78 is 0.849. The largest absolute Gasteiger partial charge is 0.373 e. The highest BCUT2D eigenvalue weighted by molar-refractivity contribution is 14.1. The minimum atomic E-state index is -0.359. The average molecular weight is 368 g/mol. The van der Waals surface area contributed by atoms with Gasteiger partial charge in [-0.25, -0.2) is 0 Å². The zero-order valence-electron chi connectivity index (χ0n) is 10.3. The summed E-state index contributed by atoms with van der Waals surface area (Å²) in [6.45, 7) is 1.98. The number of benzene rings is 2. The maximum absolute atomic E-state index is 11.1. The van der Waals surface area contributed by atoms with Crippen molar-refractivity contribution in [2.75, 3.05) is 5.32 Å². The summed E-state index contributed by atoms with van der Waals surface area (Å²) in [6, 6.07) is 15.0. The molecule has 2 rings (SSSR count). The van der Waals surface area contributed by atoms with Crippen LogP contribution in [0.25, 0.3) is 0 Å². The molecule has 0 aliphatic heterocycles. The van der Waals surface area contributed by atoms with E-state index in [0.29, 0.717) is 5.69 Å². The SMILES string of the molecule is CC(Nc1ccc(I)cc1[N+](=O)[O-])c1ccccc1. The molecule has 0 heterocycles. The summed E-state index contributed by atoms with van der Waals surface area (Å²) in [7, 11) is 0. The Hall–Kier alpha value is -1.63. The summed E-state index contributed by atoms with van der Waals surface area (Å²) in [5.74, 6) is 0. The normalized spacial score (nSPS) is 11.9. The van der Waals surface area contributed by atoms with Crippen LogP contribution >= 0.6 is 22.6 Å². The van der Waals surface area contributed by atoms with Crippen LogP contribution in [0.1, 0.15) is 18.5 Å². The molecule has 98 valence electrons. The van der Waals surface area contributed by atoms with Crippen molar-refractivity contribution in [2.45, 2.75) is 13.0 Å². The van der Waals surface area contributed by atoms with Gasteiger partial charge in [0.15, 0.2) is 0 Å². The predicted octanol–water partition coefficient (Wildman–Crippen LogP) is 4.37. The van der Waals surface area contributed by atoms with Gasteiger partial charge in [-0.05, 0) is 47.2 Å². The molecule has 1 unspecified atom stereocenters. The zero-order chi connectivity index (χ0) is 13.8. The van der Waals surface area contributed by atoms with Crippen molar-refractivity contribution in [1.82, 2.24) is 0 Å². The number of anilines is 1. The van der Waals surface area contributed by atoms with Gasteiger partial charge < -0.3 is 5.32 Å². The molecule has 4 nitrogen and oxygen atoms in total. The van der Waals surface area contributed by atoms with E-state index in [2.05, 4.69) is 27.9 Å². The Labute approximate surface area is 125 Å². The molecule has 0 saturated carbocycles. The number of nitrogens with zero attached hydrogens (tertiary/aromatic N) is 1. The third-order valence-corrected chi connectivity index (χ3v) is 3.50. The molecule has 1 atom stereocenters. The van der Waals surface area contributed by atoms with Gasteiger partial charge in [0.2, 0.25) is 0 Å². The number of hydrogen-bond donors (Lipinski definition) is 1. The van der Waals surface area contributed by atoms with Crippen LogP contribution in [0.4, 0.5) is 11.4 Å². The lowest BCUT2D eigenvalue weighted by atomic mass is 10.1. The number of rotatable bonds is 4. The second-order valence-electron chi connectivity index (χ2n) is 4.20. The molecule has 0 radical (unpaired) electrons. The van der Waals surface area contributed by atoms with Crippen molar-refractivity contribution < 1.29 is 4.92 Å². The molecule has 2 aromatic carbocycles. The molecule has 0 amide bonds. The Morgan fingerprint density at radius 3 is 2.53 bits per heavy atom. The van der Waals surface area contributed by atoms with E-state index in [9.17, 15) is 10.1 Å². The molecule has 1 N–H and O–H groups in total. The Bertz CT molecular complexity index is 587. The molecule has 5 heteroatoms. The van der Waals surface area contributed by atoms with E-state index in [-0.39, 0.29) is 16.7 Å². The van der Waals surface area contributed by atoms with Crippen LogP contribution in [-0.2, 0) is 0 Å². The van der Waals surface area contributed by atoms with Gasteiger partial charge in [-0.2, -0.15) is 0 Å². The highest BCUT2D eigenvalue weighted by Gasteiger charge is 2.16. The fraction of sp³-hybridized carbons (Fsp3) is 0.143. The van der Waals surface area contributed by atoms with Gasteiger partial charge in [0.25, 0.3) is 5.69 Å². The average Bonchev–Trinajstić information content (AvgIpc) is 2.41. The maximum Gasteiger partial charge on any atom is 0.293 e. The van der Waals surface area contributed by atoms with E-state index in [1.807, 2.05) is 43.3 Å². The first-order chi connectivity index (χ1) is 9.08. The zero-order valence-corrected chi connectivity index (χ0v) is 12.5. The first-order valence-electron chi connectivity index (χ1n) is 5.83. The molecule has 0 bridgehead atoms. The molecule has 0 fully saturated rings. The Morgan fingerprint density at radius 2 is 1.89 bits per heavy atom. The molecule has 0 aromatic heterocycles. The fourth-order valence-corrected chi connectivity index (χ4v) is 2.31. The van der Waals surface area contributed by atoms with Crippen LogP contribution < -0.4 is 5.32 Å². The third kappa shape index (κ3) is 3.44. The van der Waals surface area contributed by atoms with Crippen molar-refractivity contribution in [3.63, 3.8) is 0 Å². The van der Waals surface area contributed by atoms with Gasteiger partial charge in [0.1, 0.15) is 5.69 Å². The van der Waals surface area contributed by atoms with Crippen molar-refractivity contribution >= 4 is 34.0 Å². The molecule has 0 aliphatic rings. The topological polar surface area (TPSA) is 55.2 Å². The van der Waals surface area contributed by atoms with E-state index in [1.54, 1.807) is 12.1 Å². The molecule has 0 aliphatic carbocycles. The smallest absolute Gasteiger partial charge is 0.293 e. The number of halogens is 1. The second-order valence-corrected chi connectivity index (χ2v) is 5.44. The van der Waals surface area contributed by atoms with Crippen LogP contribution in [0.15, 0.2) is 48.5 Å². The number of nitro benzene ring substituents is 1. The van der Waals surface area contributed by atoms with E-state index in [4.69, 9.17) is 0 Å². The highest BCUT2D eigenvalue weighted by Crippen LogP contribution is 2.29. The summed E-state index contributed by atoms with van der Waals surface area (Å²) in [6.07, 6.45) is 0. The fourth-order valence-electron chi connectivity index (χ4n) is 1.84. The molecule has 19 heavy (non-hydrogen) atoms. The standard InChI is InChI=1S/C14H13IN2O2/c1-10(11-5-3-2-4-6-11)16-13-8-7-12(15)9-14(13)17(18)19/h2-10,16H,1H3. The summed E-state index contributed by atoms with van der Waals surface area (Å²) in [4.78, 5) is 10.7. The molecular weight excluding hydrogens is 355 g/mol. The first-order valence-corrected chi connectivity index (χ1v) is 6.91. The van der Waals surface area contributed by atoms with E-state index < -0.39 is 0 Å². The highest BCUT2D eigenvalue weighted by atomic mass is 127. The molecule has 0 spiro atoms. The lowest BCUT2D eigenvalue weighted by molar-refractivity contribution is -0.384. The number of hydrogen-bond acceptors (Lipinski definition) is 3. The Balaban J connectivity index is 2.26. The van der Waals surface area contributed by atoms with Crippen molar-refractivity contribution in [3.05, 3.63) is 67.8 Å². The first kappa shape index (κ1) is 13.8. The van der Waals surface area contributed by atoms with E-state index in [1.165, 1.54) is 0 Å².